The highest BCUT2D eigenvalue weighted by Gasteiger charge is 2.42. The molecule has 0 amide bonds. The van der Waals surface area contributed by atoms with Gasteiger partial charge in [0.1, 0.15) is 0 Å². The van der Waals surface area contributed by atoms with E-state index in [4.69, 9.17) is 0 Å². The summed E-state index contributed by atoms with van der Waals surface area (Å²) < 4.78 is 31.9. The topological polar surface area (TPSA) is 57.6 Å². The van der Waals surface area contributed by atoms with Crippen LogP contribution in [-0.2, 0) is 15.5 Å². The molecule has 1 aliphatic rings. The van der Waals surface area contributed by atoms with Gasteiger partial charge >= 0.3 is 0 Å². The maximum Gasteiger partial charge on any atom is 0.294 e. The van der Waals surface area contributed by atoms with Crippen molar-refractivity contribution in [1.29, 1.82) is 0 Å². The summed E-state index contributed by atoms with van der Waals surface area (Å²) in [7, 11) is -4.17. The first kappa shape index (κ1) is 15.3. The Bertz CT molecular complexity index is 856. The van der Waals surface area contributed by atoms with Gasteiger partial charge in [-0.05, 0) is 48.4 Å². The zero-order valence-corrected chi connectivity index (χ0v) is 14.1. The highest BCUT2D eigenvalue weighted by Crippen LogP contribution is 2.48. The van der Waals surface area contributed by atoms with Crippen LogP contribution < -0.4 is 4.90 Å². The average Bonchev–Trinajstić information content (AvgIpc) is 2.64. The van der Waals surface area contributed by atoms with Crippen LogP contribution in [0.5, 0.6) is 0 Å². The van der Waals surface area contributed by atoms with Crippen molar-refractivity contribution < 1.29 is 13.0 Å². The van der Waals surface area contributed by atoms with E-state index in [0.717, 1.165) is 17.3 Å². The zero-order valence-electron chi connectivity index (χ0n) is 13.3. The van der Waals surface area contributed by atoms with Gasteiger partial charge in [0.25, 0.3) is 10.1 Å². The van der Waals surface area contributed by atoms with Crippen LogP contribution >= 0.6 is 0 Å². The number of rotatable bonds is 2. The van der Waals surface area contributed by atoms with Gasteiger partial charge in [-0.15, -0.1) is 0 Å². The number of likely N-dealkylation sites (N-methyl/N-ethyl adjacent to an activating group) is 1. The smallest absolute Gasteiger partial charge is 0.294 e. The normalized spacial score (nSPS) is 20.4. The molecule has 3 rings (SSSR count). The summed E-state index contributed by atoms with van der Waals surface area (Å²) in [4.78, 5) is 2.32. The van der Waals surface area contributed by atoms with Crippen molar-refractivity contribution in [3.8, 4) is 0 Å². The number of anilines is 1. The van der Waals surface area contributed by atoms with Crippen molar-refractivity contribution in [1.82, 2.24) is 0 Å². The van der Waals surface area contributed by atoms with E-state index < -0.39 is 10.1 Å². The molecule has 2 aromatic rings. The fraction of sp³-hybridized carbons (Fsp3) is 0.412. The molecule has 0 saturated heterocycles. The second-order valence-corrected chi connectivity index (χ2v) is 7.92. The zero-order chi connectivity index (χ0) is 16.3. The number of benzene rings is 2. The molecular formula is C17H21NO3S. The molecule has 118 valence electrons. The maximum absolute atomic E-state index is 11.3. The first-order chi connectivity index (χ1) is 10.2. The van der Waals surface area contributed by atoms with Gasteiger partial charge in [0.2, 0.25) is 0 Å². The minimum absolute atomic E-state index is 0.0234. The van der Waals surface area contributed by atoms with Crippen molar-refractivity contribution in [2.75, 3.05) is 11.4 Å². The molecule has 0 bridgehead atoms. The number of hydrogen-bond donors (Lipinski definition) is 1. The Kier molecular flexibility index (Phi) is 3.27. The van der Waals surface area contributed by atoms with Crippen LogP contribution in [-0.4, -0.2) is 25.6 Å². The Morgan fingerprint density at radius 2 is 1.91 bits per heavy atom. The molecular weight excluding hydrogens is 298 g/mol. The van der Waals surface area contributed by atoms with Crippen LogP contribution in [0.3, 0.4) is 0 Å². The largest absolute Gasteiger partial charge is 0.368 e. The second-order valence-electron chi connectivity index (χ2n) is 6.50. The van der Waals surface area contributed by atoms with Gasteiger partial charge < -0.3 is 4.90 Å². The van der Waals surface area contributed by atoms with E-state index in [1.54, 1.807) is 6.07 Å². The van der Waals surface area contributed by atoms with Gasteiger partial charge in [0.15, 0.2) is 0 Å². The van der Waals surface area contributed by atoms with E-state index in [1.165, 1.54) is 17.3 Å². The van der Waals surface area contributed by atoms with E-state index in [2.05, 4.69) is 38.7 Å². The van der Waals surface area contributed by atoms with Crippen LogP contribution in [0.15, 0.2) is 35.2 Å². The standard InChI is InChI=1S/C17H21NO3S/c1-5-18-11(2)17(3,4)16-14-8-7-13(22(19,20)21)10-12(14)6-9-15(16)18/h6-11H,5H2,1-4H3,(H,19,20,21). The Balaban J connectivity index is 2.33. The minimum atomic E-state index is -4.17. The van der Waals surface area contributed by atoms with Crippen LogP contribution in [0.1, 0.15) is 33.3 Å². The number of nitrogens with zero attached hydrogens (tertiary/aromatic N) is 1. The Morgan fingerprint density at radius 1 is 1.23 bits per heavy atom. The highest BCUT2D eigenvalue weighted by atomic mass is 32.2. The maximum atomic E-state index is 11.3. The Labute approximate surface area is 131 Å². The minimum Gasteiger partial charge on any atom is -0.368 e. The second kappa shape index (κ2) is 4.70. The van der Waals surface area contributed by atoms with Crippen LogP contribution in [0, 0.1) is 0 Å². The molecule has 0 saturated carbocycles. The summed E-state index contributed by atoms with van der Waals surface area (Å²) in [6.07, 6.45) is 0. The SMILES string of the molecule is CCN1c2ccc3cc(S(=O)(=O)O)ccc3c2C(C)(C)C1C. The van der Waals surface area contributed by atoms with Crippen molar-refractivity contribution in [3.05, 3.63) is 35.9 Å². The van der Waals surface area contributed by atoms with E-state index in [-0.39, 0.29) is 10.3 Å². The summed E-state index contributed by atoms with van der Waals surface area (Å²) >= 11 is 0. The molecule has 2 aromatic carbocycles. The summed E-state index contributed by atoms with van der Waals surface area (Å²) in [6, 6.07) is 9.19. The molecule has 1 N–H and O–H groups in total. The van der Waals surface area contributed by atoms with Crippen molar-refractivity contribution in [2.45, 2.75) is 44.0 Å². The van der Waals surface area contributed by atoms with Crippen molar-refractivity contribution in [3.63, 3.8) is 0 Å². The molecule has 22 heavy (non-hydrogen) atoms. The van der Waals surface area contributed by atoms with Gasteiger partial charge in [-0.25, -0.2) is 0 Å². The molecule has 0 spiro atoms. The van der Waals surface area contributed by atoms with Crippen LogP contribution in [0.4, 0.5) is 5.69 Å². The van der Waals surface area contributed by atoms with Crippen LogP contribution in [0.25, 0.3) is 10.8 Å². The Hall–Kier alpha value is -1.59. The van der Waals surface area contributed by atoms with E-state index in [9.17, 15) is 13.0 Å². The fourth-order valence-electron chi connectivity index (χ4n) is 3.62. The molecule has 0 aliphatic carbocycles. The summed E-state index contributed by atoms with van der Waals surface area (Å²) in [5.74, 6) is 0. The monoisotopic (exact) mass is 319 g/mol. The van der Waals surface area contributed by atoms with Crippen LogP contribution in [0.2, 0.25) is 0 Å². The lowest BCUT2D eigenvalue weighted by molar-refractivity contribution is 0.447. The average molecular weight is 319 g/mol. The van der Waals surface area contributed by atoms with Gasteiger partial charge in [0.05, 0.1) is 4.90 Å². The number of hydrogen-bond acceptors (Lipinski definition) is 3. The number of fused-ring (bicyclic) bond motifs is 3. The summed E-state index contributed by atoms with van der Waals surface area (Å²) in [5.41, 5.74) is 2.44. The third-order valence-corrected chi connectivity index (χ3v) is 5.92. The highest BCUT2D eigenvalue weighted by molar-refractivity contribution is 7.85. The summed E-state index contributed by atoms with van der Waals surface area (Å²) in [5, 5.41) is 1.89. The lowest BCUT2D eigenvalue weighted by Gasteiger charge is -2.30. The molecule has 5 heteroatoms. The molecule has 0 radical (unpaired) electrons. The van der Waals surface area contributed by atoms with Gasteiger partial charge in [0, 0.05) is 23.7 Å². The van der Waals surface area contributed by atoms with E-state index in [1.807, 2.05) is 12.1 Å². The lowest BCUT2D eigenvalue weighted by Crippen LogP contribution is -2.38. The van der Waals surface area contributed by atoms with E-state index in [0.29, 0.717) is 6.04 Å². The molecule has 1 heterocycles. The molecule has 1 unspecified atom stereocenters. The first-order valence-corrected chi connectivity index (χ1v) is 8.93. The quantitative estimate of drug-likeness (QED) is 0.859. The molecule has 1 atom stereocenters. The fourth-order valence-corrected chi connectivity index (χ4v) is 4.14. The predicted molar refractivity (Wildman–Crippen MR) is 89.3 cm³/mol. The first-order valence-electron chi connectivity index (χ1n) is 7.49. The third-order valence-electron chi connectivity index (χ3n) is 5.07. The van der Waals surface area contributed by atoms with Gasteiger partial charge in [-0.2, -0.15) is 8.42 Å². The predicted octanol–water partition coefficient (Wildman–Crippen LogP) is 3.59. The molecule has 4 nitrogen and oxygen atoms in total. The van der Waals surface area contributed by atoms with Crippen molar-refractivity contribution >= 4 is 26.6 Å². The molecule has 0 fully saturated rings. The molecule has 1 aliphatic heterocycles. The van der Waals surface area contributed by atoms with Gasteiger partial charge in [-0.1, -0.05) is 26.0 Å². The Morgan fingerprint density at radius 3 is 2.50 bits per heavy atom. The van der Waals surface area contributed by atoms with Crippen molar-refractivity contribution in [2.24, 2.45) is 0 Å². The van der Waals surface area contributed by atoms with E-state index >= 15 is 0 Å². The van der Waals surface area contributed by atoms with Gasteiger partial charge in [-0.3, -0.25) is 4.55 Å². The third kappa shape index (κ3) is 2.03. The molecule has 0 aromatic heterocycles. The summed E-state index contributed by atoms with van der Waals surface area (Å²) in [6.45, 7) is 9.76. The lowest BCUT2D eigenvalue weighted by atomic mass is 9.79.